The Labute approximate surface area is 101 Å². The van der Waals surface area contributed by atoms with Crippen molar-refractivity contribution in [1.29, 1.82) is 15.8 Å². The summed E-state index contributed by atoms with van der Waals surface area (Å²) in [5.74, 6) is 0. The molecule has 0 aliphatic carbocycles. The number of halogens is 3. The van der Waals surface area contributed by atoms with Gasteiger partial charge in [-0.05, 0) is 6.07 Å². The van der Waals surface area contributed by atoms with E-state index >= 15 is 0 Å². The van der Waals surface area contributed by atoms with Crippen molar-refractivity contribution in [2.24, 2.45) is 0 Å². The van der Waals surface area contributed by atoms with E-state index in [0.717, 1.165) is 12.1 Å². The maximum Gasteiger partial charge on any atom is 0.417 e. The van der Waals surface area contributed by atoms with Crippen LogP contribution >= 0.6 is 0 Å². The van der Waals surface area contributed by atoms with Crippen LogP contribution in [0.4, 0.5) is 13.2 Å². The van der Waals surface area contributed by atoms with Gasteiger partial charge in [-0.25, -0.2) is 0 Å². The van der Waals surface area contributed by atoms with Gasteiger partial charge in [-0.2, -0.15) is 29.0 Å². The number of nitriles is 3. The molecule has 18 heavy (non-hydrogen) atoms. The highest BCUT2D eigenvalue weighted by Crippen LogP contribution is 2.35. The zero-order valence-corrected chi connectivity index (χ0v) is 8.78. The molecule has 0 spiro atoms. The van der Waals surface area contributed by atoms with Crippen LogP contribution in [0.1, 0.15) is 11.1 Å². The van der Waals surface area contributed by atoms with Gasteiger partial charge in [0.05, 0.1) is 11.1 Å². The molecule has 1 aromatic rings. The van der Waals surface area contributed by atoms with E-state index in [1.54, 1.807) is 0 Å². The predicted molar refractivity (Wildman–Crippen MR) is 55.2 cm³/mol. The average molecular weight is 247 g/mol. The van der Waals surface area contributed by atoms with Crippen LogP contribution in [-0.2, 0) is 6.18 Å². The van der Waals surface area contributed by atoms with Gasteiger partial charge in [0, 0.05) is 5.56 Å². The van der Waals surface area contributed by atoms with Crippen molar-refractivity contribution in [3.8, 4) is 18.2 Å². The Bertz CT molecular complexity index is 606. The lowest BCUT2D eigenvalue weighted by molar-refractivity contribution is -0.137. The highest BCUT2D eigenvalue weighted by Gasteiger charge is 2.34. The molecule has 0 aliphatic heterocycles. The molecule has 0 amide bonds. The summed E-state index contributed by atoms with van der Waals surface area (Å²) in [7, 11) is 0. The van der Waals surface area contributed by atoms with Crippen molar-refractivity contribution in [2.75, 3.05) is 0 Å². The van der Waals surface area contributed by atoms with Gasteiger partial charge >= 0.3 is 6.18 Å². The average Bonchev–Trinajstić information content (AvgIpc) is 2.34. The highest BCUT2D eigenvalue weighted by molar-refractivity contribution is 5.85. The molecule has 0 bridgehead atoms. The largest absolute Gasteiger partial charge is 0.417 e. The maximum absolute atomic E-state index is 12.7. The van der Waals surface area contributed by atoms with Crippen molar-refractivity contribution in [3.05, 3.63) is 41.0 Å². The van der Waals surface area contributed by atoms with Crippen molar-refractivity contribution < 1.29 is 13.2 Å². The van der Waals surface area contributed by atoms with Gasteiger partial charge in [-0.1, -0.05) is 18.2 Å². The predicted octanol–water partition coefficient (Wildman–Crippen LogP) is 3.03. The Balaban J connectivity index is 3.64. The van der Waals surface area contributed by atoms with E-state index in [0.29, 0.717) is 0 Å². The summed E-state index contributed by atoms with van der Waals surface area (Å²) >= 11 is 0. The summed E-state index contributed by atoms with van der Waals surface area (Å²) in [6.07, 6.45) is -4.66. The summed E-state index contributed by atoms with van der Waals surface area (Å²) in [6.45, 7) is 0. The molecule has 0 unspecified atom stereocenters. The normalized spacial score (nSPS) is 9.78. The second-order valence-electron chi connectivity index (χ2n) is 3.13. The fourth-order valence-corrected chi connectivity index (χ4v) is 1.34. The fraction of sp³-hybridized carbons (Fsp3) is 0.0833. The quantitative estimate of drug-likeness (QED) is 0.716. The van der Waals surface area contributed by atoms with E-state index in [1.165, 1.54) is 30.3 Å². The van der Waals surface area contributed by atoms with Crippen LogP contribution in [-0.4, -0.2) is 0 Å². The Morgan fingerprint density at radius 3 is 1.94 bits per heavy atom. The summed E-state index contributed by atoms with van der Waals surface area (Å²) in [5, 5.41) is 26.1. The first-order valence-corrected chi connectivity index (χ1v) is 4.57. The molecule has 0 atom stereocenters. The molecule has 3 nitrogen and oxygen atoms in total. The van der Waals surface area contributed by atoms with Crippen molar-refractivity contribution >= 4 is 5.57 Å². The zero-order chi connectivity index (χ0) is 13.8. The number of hydrogen-bond donors (Lipinski definition) is 0. The van der Waals surface area contributed by atoms with Gasteiger partial charge in [-0.15, -0.1) is 0 Å². The Hall–Kier alpha value is -2.78. The van der Waals surface area contributed by atoms with Gasteiger partial charge in [0.2, 0.25) is 0 Å². The van der Waals surface area contributed by atoms with Crippen molar-refractivity contribution in [2.45, 2.75) is 6.18 Å². The first kappa shape index (κ1) is 13.3. The van der Waals surface area contributed by atoms with Crippen molar-refractivity contribution in [3.63, 3.8) is 0 Å². The number of nitrogens with zero attached hydrogens (tertiary/aromatic N) is 3. The first-order chi connectivity index (χ1) is 8.45. The van der Waals surface area contributed by atoms with Crippen molar-refractivity contribution in [1.82, 2.24) is 0 Å². The lowest BCUT2D eigenvalue weighted by Gasteiger charge is -2.11. The standard InChI is InChI=1S/C12H4F3N3/c13-12(14,15)11-4-2-1-3-9(11)10(7-18)8(5-16)6-17/h1-4H. The van der Waals surface area contributed by atoms with E-state index < -0.39 is 28.4 Å². The Kier molecular flexibility index (Phi) is 3.72. The van der Waals surface area contributed by atoms with E-state index in [1.807, 2.05) is 0 Å². The second kappa shape index (κ2) is 5.03. The fourth-order valence-electron chi connectivity index (χ4n) is 1.34. The van der Waals surface area contributed by atoms with E-state index in [-0.39, 0.29) is 0 Å². The first-order valence-electron chi connectivity index (χ1n) is 4.57. The van der Waals surface area contributed by atoms with Gasteiger partial charge in [-0.3, -0.25) is 0 Å². The summed E-state index contributed by atoms with van der Waals surface area (Å²) in [4.78, 5) is 0. The van der Waals surface area contributed by atoms with Gasteiger partial charge in [0.25, 0.3) is 0 Å². The summed E-state index contributed by atoms with van der Waals surface area (Å²) in [6, 6.07) is 8.59. The van der Waals surface area contributed by atoms with Gasteiger partial charge < -0.3 is 0 Å². The van der Waals surface area contributed by atoms with Crippen LogP contribution in [0, 0.1) is 34.0 Å². The van der Waals surface area contributed by atoms with E-state index in [2.05, 4.69) is 0 Å². The molecule has 0 N–H and O–H groups in total. The molecule has 0 saturated carbocycles. The third-order valence-corrected chi connectivity index (χ3v) is 2.09. The van der Waals surface area contributed by atoms with E-state index in [9.17, 15) is 13.2 Å². The molecular weight excluding hydrogens is 243 g/mol. The second-order valence-corrected chi connectivity index (χ2v) is 3.13. The molecule has 1 aromatic carbocycles. The minimum atomic E-state index is -4.66. The lowest BCUT2D eigenvalue weighted by atomic mass is 9.97. The van der Waals surface area contributed by atoms with Crippen LogP contribution in [0.2, 0.25) is 0 Å². The number of alkyl halides is 3. The molecule has 0 heterocycles. The maximum atomic E-state index is 12.7. The van der Waals surface area contributed by atoms with Crippen LogP contribution in [0.15, 0.2) is 29.8 Å². The third-order valence-electron chi connectivity index (χ3n) is 2.09. The minimum absolute atomic E-state index is 0.467. The molecule has 0 aliphatic rings. The molecule has 6 heteroatoms. The molecule has 1 rings (SSSR count). The monoisotopic (exact) mass is 247 g/mol. The zero-order valence-electron chi connectivity index (χ0n) is 8.78. The lowest BCUT2D eigenvalue weighted by Crippen LogP contribution is -2.08. The van der Waals surface area contributed by atoms with Crippen LogP contribution in [0.3, 0.4) is 0 Å². The third kappa shape index (κ3) is 2.48. The topological polar surface area (TPSA) is 71.4 Å². The van der Waals surface area contributed by atoms with Crippen LogP contribution in [0.5, 0.6) is 0 Å². The molecule has 0 radical (unpaired) electrons. The molecular formula is C12H4F3N3. The Morgan fingerprint density at radius 1 is 0.944 bits per heavy atom. The molecule has 0 saturated heterocycles. The number of allylic oxidation sites excluding steroid dienone is 2. The summed E-state index contributed by atoms with van der Waals surface area (Å²) in [5.41, 5.74) is -2.74. The Morgan fingerprint density at radius 2 is 1.50 bits per heavy atom. The number of hydrogen-bond acceptors (Lipinski definition) is 3. The SMILES string of the molecule is N#CC(C#N)=C(C#N)c1ccccc1C(F)(F)F. The van der Waals surface area contributed by atoms with Crippen LogP contribution in [0.25, 0.3) is 5.57 Å². The highest BCUT2D eigenvalue weighted by atomic mass is 19.4. The molecule has 0 fully saturated rings. The van der Waals surface area contributed by atoms with Gasteiger partial charge in [0.15, 0.2) is 0 Å². The number of benzene rings is 1. The number of rotatable bonds is 1. The minimum Gasteiger partial charge on any atom is -0.192 e. The molecule has 0 aromatic heterocycles. The van der Waals surface area contributed by atoms with Crippen LogP contribution < -0.4 is 0 Å². The summed E-state index contributed by atoms with van der Waals surface area (Å²) < 4.78 is 38.2. The molecule has 88 valence electrons. The smallest absolute Gasteiger partial charge is 0.192 e. The van der Waals surface area contributed by atoms with E-state index in [4.69, 9.17) is 15.8 Å². The van der Waals surface area contributed by atoms with Gasteiger partial charge in [0.1, 0.15) is 23.8 Å².